The zero-order chi connectivity index (χ0) is 12.8. The predicted molar refractivity (Wildman–Crippen MR) is 68.1 cm³/mol. The molecule has 1 unspecified atom stereocenters. The van der Waals surface area contributed by atoms with Crippen LogP contribution < -0.4 is 0 Å². The lowest BCUT2D eigenvalue weighted by Gasteiger charge is -2.18. The molecule has 5 nitrogen and oxygen atoms in total. The lowest BCUT2D eigenvalue weighted by molar-refractivity contribution is 0.384. The summed E-state index contributed by atoms with van der Waals surface area (Å²) in [5.41, 5.74) is 0. The van der Waals surface area contributed by atoms with Crippen LogP contribution in [0.1, 0.15) is 43.8 Å². The fraction of sp³-hybridized carbons (Fsp3) is 0.833. The second kappa shape index (κ2) is 4.33. The van der Waals surface area contributed by atoms with Crippen LogP contribution >= 0.6 is 0 Å². The average Bonchev–Trinajstić information content (AvgIpc) is 2.71. The van der Waals surface area contributed by atoms with Crippen LogP contribution in [0.25, 0.3) is 0 Å². The number of rotatable bonds is 1. The van der Waals surface area contributed by atoms with Crippen molar-refractivity contribution in [3.8, 4) is 0 Å². The van der Waals surface area contributed by atoms with Crippen molar-refractivity contribution in [3.05, 3.63) is 11.6 Å². The van der Waals surface area contributed by atoms with Crippen molar-refractivity contribution in [3.63, 3.8) is 0 Å². The summed E-state index contributed by atoms with van der Waals surface area (Å²) in [6.07, 6.45) is 3.52. The van der Waals surface area contributed by atoms with Crippen molar-refractivity contribution in [2.75, 3.05) is 11.5 Å². The minimum atomic E-state index is -2.80. The van der Waals surface area contributed by atoms with Gasteiger partial charge in [0.05, 0.1) is 11.5 Å². The molecule has 0 aliphatic carbocycles. The molecule has 2 aliphatic rings. The summed E-state index contributed by atoms with van der Waals surface area (Å²) in [7, 11) is -2.80. The van der Waals surface area contributed by atoms with Gasteiger partial charge in [-0.05, 0) is 25.2 Å². The largest absolute Gasteiger partial charge is 0.250 e. The molecule has 0 N–H and O–H groups in total. The zero-order valence-corrected chi connectivity index (χ0v) is 11.5. The maximum absolute atomic E-state index is 11.4. The zero-order valence-electron chi connectivity index (χ0n) is 10.7. The van der Waals surface area contributed by atoms with E-state index in [0.717, 1.165) is 31.0 Å². The number of hydrogen-bond donors (Lipinski definition) is 0. The first-order valence-electron chi connectivity index (χ1n) is 6.67. The molecule has 1 saturated heterocycles. The van der Waals surface area contributed by atoms with E-state index < -0.39 is 9.84 Å². The number of aryl methyl sites for hydroxylation is 1. The van der Waals surface area contributed by atoms with Gasteiger partial charge >= 0.3 is 0 Å². The molecule has 0 radical (unpaired) electrons. The van der Waals surface area contributed by atoms with E-state index in [1.807, 2.05) is 4.68 Å². The summed E-state index contributed by atoms with van der Waals surface area (Å²) < 4.78 is 24.9. The van der Waals surface area contributed by atoms with Crippen molar-refractivity contribution >= 4 is 9.84 Å². The van der Waals surface area contributed by atoms with Crippen molar-refractivity contribution < 1.29 is 8.42 Å². The van der Waals surface area contributed by atoms with Gasteiger partial charge < -0.3 is 0 Å². The molecule has 6 heteroatoms. The van der Waals surface area contributed by atoms with Gasteiger partial charge in [-0.1, -0.05) is 6.92 Å². The quantitative estimate of drug-likeness (QED) is 0.767. The fourth-order valence-electron chi connectivity index (χ4n) is 2.80. The van der Waals surface area contributed by atoms with Gasteiger partial charge in [-0.25, -0.2) is 18.1 Å². The van der Waals surface area contributed by atoms with Gasteiger partial charge in [0, 0.05) is 18.9 Å². The molecule has 18 heavy (non-hydrogen) atoms. The van der Waals surface area contributed by atoms with Crippen molar-refractivity contribution in [1.82, 2.24) is 14.8 Å². The van der Waals surface area contributed by atoms with E-state index in [-0.39, 0.29) is 17.4 Å². The third kappa shape index (κ3) is 2.30. The normalized spacial score (nSPS) is 27.9. The highest BCUT2D eigenvalue weighted by Crippen LogP contribution is 2.28. The van der Waals surface area contributed by atoms with E-state index >= 15 is 0 Å². The van der Waals surface area contributed by atoms with E-state index in [0.29, 0.717) is 18.8 Å². The molecule has 1 atom stereocenters. The Morgan fingerprint density at radius 2 is 1.94 bits per heavy atom. The average molecular weight is 269 g/mol. The molecule has 2 aliphatic heterocycles. The van der Waals surface area contributed by atoms with E-state index in [1.165, 1.54) is 0 Å². The minimum Gasteiger partial charge on any atom is -0.250 e. The summed E-state index contributed by atoms with van der Waals surface area (Å²) in [6.45, 7) is 3.19. The molecule has 1 aromatic heterocycles. The Labute approximate surface area is 108 Å². The first kappa shape index (κ1) is 12.1. The summed E-state index contributed by atoms with van der Waals surface area (Å²) in [5, 5.41) is 4.57. The number of hydrogen-bond acceptors (Lipinski definition) is 4. The number of aromatic nitrogens is 3. The minimum absolute atomic E-state index is 0.238. The smallest absolute Gasteiger partial charge is 0.154 e. The highest BCUT2D eigenvalue weighted by Gasteiger charge is 2.29. The lowest BCUT2D eigenvalue weighted by Crippen LogP contribution is -2.22. The van der Waals surface area contributed by atoms with Crippen LogP contribution in [-0.2, 0) is 22.8 Å². The summed E-state index contributed by atoms with van der Waals surface area (Å²) in [5.74, 6) is 3.45. The van der Waals surface area contributed by atoms with Gasteiger partial charge in [-0.3, -0.25) is 0 Å². The van der Waals surface area contributed by atoms with Crippen LogP contribution in [0, 0.1) is 5.92 Å². The molecule has 3 rings (SSSR count). The summed E-state index contributed by atoms with van der Waals surface area (Å²) in [4.78, 5) is 4.63. The van der Waals surface area contributed by atoms with Crippen LogP contribution in [0.4, 0.5) is 0 Å². The Bertz CT molecular complexity index is 536. The third-order valence-electron chi connectivity index (χ3n) is 4.05. The molecule has 0 spiro atoms. The van der Waals surface area contributed by atoms with Crippen molar-refractivity contribution in [2.45, 2.75) is 45.1 Å². The SMILES string of the molecule is CC1CCn2nc(C3CCS(=O)(=O)CC3)nc2C1. The van der Waals surface area contributed by atoms with Gasteiger partial charge in [-0.2, -0.15) is 5.10 Å². The number of sulfone groups is 1. The van der Waals surface area contributed by atoms with Gasteiger partial charge in [-0.15, -0.1) is 0 Å². The molecule has 0 aromatic carbocycles. The Hall–Kier alpha value is -0.910. The van der Waals surface area contributed by atoms with E-state index in [9.17, 15) is 8.42 Å². The second-order valence-electron chi connectivity index (χ2n) is 5.63. The van der Waals surface area contributed by atoms with Gasteiger partial charge in [0.2, 0.25) is 0 Å². The van der Waals surface area contributed by atoms with E-state index in [2.05, 4.69) is 17.0 Å². The molecule has 0 bridgehead atoms. The van der Waals surface area contributed by atoms with Crippen molar-refractivity contribution in [1.29, 1.82) is 0 Å². The third-order valence-corrected chi connectivity index (χ3v) is 5.76. The number of fused-ring (bicyclic) bond motifs is 1. The molecule has 1 fully saturated rings. The van der Waals surface area contributed by atoms with Crippen LogP contribution in [0.5, 0.6) is 0 Å². The monoisotopic (exact) mass is 269 g/mol. The highest BCUT2D eigenvalue weighted by molar-refractivity contribution is 7.91. The summed E-state index contributed by atoms with van der Waals surface area (Å²) >= 11 is 0. The number of nitrogens with zero attached hydrogens (tertiary/aromatic N) is 3. The van der Waals surface area contributed by atoms with Crippen LogP contribution in [0.15, 0.2) is 0 Å². The second-order valence-corrected chi connectivity index (χ2v) is 7.94. The maximum atomic E-state index is 11.4. The lowest BCUT2D eigenvalue weighted by atomic mass is 10.0. The molecule has 3 heterocycles. The molecule has 0 amide bonds. The van der Waals surface area contributed by atoms with E-state index in [1.54, 1.807) is 0 Å². The van der Waals surface area contributed by atoms with Gasteiger partial charge in [0.25, 0.3) is 0 Å². The first-order valence-corrected chi connectivity index (χ1v) is 8.50. The van der Waals surface area contributed by atoms with Crippen LogP contribution in [-0.4, -0.2) is 34.7 Å². The topological polar surface area (TPSA) is 64.8 Å². The molecule has 100 valence electrons. The molecular weight excluding hydrogens is 250 g/mol. The van der Waals surface area contributed by atoms with E-state index in [4.69, 9.17) is 0 Å². The van der Waals surface area contributed by atoms with Gasteiger partial charge in [0.15, 0.2) is 5.82 Å². The molecule has 0 saturated carbocycles. The Balaban J connectivity index is 1.78. The fourth-order valence-corrected chi connectivity index (χ4v) is 4.29. The summed E-state index contributed by atoms with van der Waals surface area (Å²) in [6, 6.07) is 0. The van der Waals surface area contributed by atoms with Crippen LogP contribution in [0.3, 0.4) is 0 Å². The molecule has 1 aromatic rings. The first-order chi connectivity index (χ1) is 8.53. The molecular formula is C12H19N3O2S. The van der Waals surface area contributed by atoms with Crippen LogP contribution in [0.2, 0.25) is 0 Å². The Kier molecular flexibility index (Phi) is 2.92. The highest BCUT2D eigenvalue weighted by atomic mass is 32.2. The maximum Gasteiger partial charge on any atom is 0.154 e. The Morgan fingerprint density at radius 3 is 2.67 bits per heavy atom. The standard InChI is InChI=1S/C12H19N3O2S/c1-9-2-5-15-11(8-9)13-12(14-15)10-3-6-18(16,17)7-4-10/h9-10H,2-8H2,1H3. The predicted octanol–water partition coefficient (Wildman–Crippen LogP) is 1.15. The van der Waals surface area contributed by atoms with Crippen molar-refractivity contribution in [2.24, 2.45) is 5.92 Å². The Morgan fingerprint density at radius 1 is 1.22 bits per heavy atom. The van der Waals surface area contributed by atoms with Gasteiger partial charge in [0.1, 0.15) is 15.7 Å².